The Hall–Kier alpha value is -6.53. The Morgan fingerprint density at radius 3 is 2.15 bits per heavy atom. The van der Waals surface area contributed by atoms with Crippen LogP contribution in [0.15, 0.2) is 165 Å². The zero-order valence-corrected chi connectivity index (χ0v) is 25.6. The molecule has 10 rings (SSSR count). The number of aliphatic imine (C=N–C) groups is 2. The van der Waals surface area contributed by atoms with E-state index in [1.54, 1.807) is 0 Å². The molecule has 1 unspecified atom stereocenters. The lowest BCUT2D eigenvalue weighted by Crippen LogP contribution is -2.33. The number of benzene rings is 6. The molecule has 6 aromatic carbocycles. The lowest BCUT2D eigenvalue weighted by Gasteiger charge is -2.24. The molecule has 6 nitrogen and oxygen atoms in total. The molecule has 6 heteroatoms. The number of furan rings is 2. The van der Waals surface area contributed by atoms with Gasteiger partial charge in [-0.2, -0.15) is 0 Å². The fourth-order valence-corrected chi connectivity index (χ4v) is 6.92. The van der Waals surface area contributed by atoms with Crippen molar-refractivity contribution in [1.82, 2.24) is 10.3 Å². The van der Waals surface area contributed by atoms with Crippen LogP contribution in [0, 0.1) is 0 Å². The third-order valence-corrected chi connectivity index (χ3v) is 9.18. The van der Waals surface area contributed by atoms with Gasteiger partial charge in [-0.05, 0) is 46.7 Å². The molecule has 3 aromatic heterocycles. The molecule has 0 bridgehead atoms. The summed E-state index contributed by atoms with van der Waals surface area (Å²) in [6.07, 6.45) is 1.54. The van der Waals surface area contributed by atoms with Gasteiger partial charge in [0.05, 0.1) is 0 Å². The first-order chi connectivity index (χ1) is 23.8. The van der Waals surface area contributed by atoms with Crippen molar-refractivity contribution in [2.75, 3.05) is 0 Å². The quantitative estimate of drug-likeness (QED) is 0.213. The summed E-state index contributed by atoms with van der Waals surface area (Å²) < 4.78 is 13.2. The van der Waals surface area contributed by atoms with E-state index >= 15 is 0 Å². The van der Waals surface area contributed by atoms with E-state index in [9.17, 15) is 0 Å². The van der Waals surface area contributed by atoms with Crippen molar-refractivity contribution in [2.24, 2.45) is 9.98 Å². The molecule has 0 saturated heterocycles. The zero-order chi connectivity index (χ0) is 31.6. The molecule has 226 valence electrons. The summed E-state index contributed by atoms with van der Waals surface area (Å²) in [5.74, 6) is 1.41. The molecule has 9 aromatic rings. The van der Waals surface area contributed by atoms with E-state index < -0.39 is 0 Å². The summed E-state index contributed by atoms with van der Waals surface area (Å²) in [6.45, 7) is 0. The first-order valence-electron chi connectivity index (χ1n) is 16.0. The van der Waals surface area contributed by atoms with Crippen molar-refractivity contribution in [1.29, 1.82) is 0 Å². The molecule has 0 amide bonds. The van der Waals surface area contributed by atoms with E-state index in [1.807, 2.05) is 79.0 Å². The topological polar surface area (TPSA) is 75.9 Å². The molecule has 0 aliphatic carbocycles. The van der Waals surface area contributed by atoms with E-state index in [2.05, 4.69) is 72.0 Å². The van der Waals surface area contributed by atoms with E-state index in [4.69, 9.17) is 23.8 Å². The summed E-state index contributed by atoms with van der Waals surface area (Å²) in [5, 5.41) is 9.98. The van der Waals surface area contributed by atoms with Gasteiger partial charge in [-0.3, -0.25) is 4.98 Å². The minimum Gasteiger partial charge on any atom is -0.455 e. The molecule has 1 aliphatic rings. The largest absolute Gasteiger partial charge is 0.455 e. The van der Waals surface area contributed by atoms with Gasteiger partial charge in [0.2, 0.25) is 0 Å². The maximum Gasteiger partial charge on any atom is 0.161 e. The van der Waals surface area contributed by atoms with Crippen molar-refractivity contribution in [3.8, 4) is 11.3 Å². The van der Waals surface area contributed by atoms with Crippen molar-refractivity contribution < 1.29 is 8.83 Å². The molecule has 0 fully saturated rings. The Morgan fingerprint density at radius 1 is 0.562 bits per heavy atom. The van der Waals surface area contributed by atoms with Gasteiger partial charge in [0.15, 0.2) is 11.4 Å². The highest BCUT2D eigenvalue weighted by Crippen LogP contribution is 2.41. The van der Waals surface area contributed by atoms with E-state index in [-0.39, 0.29) is 6.17 Å². The fraction of sp³-hybridized carbons (Fsp3) is 0.0238. The molecule has 1 N–H and O–H groups in total. The van der Waals surface area contributed by atoms with Crippen LogP contribution in [0.25, 0.3) is 65.9 Å². The Morgan fingerprint density at radius 2 is 1.29 bits per heavy atom. The molecular weight excluding hydrogens is 592 g/mol. The highest BCUT2D eigenvalue weighted by atomic mass is 16.3. The van der Waals surface area contributed by atoms with Gasteiger partial charge in [0, 0.05) is 44.4 Å². The van der Waals surface area contributed by atoms with Gasteiger partial charge in [0.1, 0.15) is 34.4 Å². The number of nitrogens with zero attached hydrogens (tertiary/aromatic N) is 3. The number of fused-ring (bicyclic) bond motifs is 7. The van der Waals surface area contributed by atoms with E-state index in [1.165, 1.54) is 5.39 Å². The standard InChI is InChI=1S/C42H26N4O2/c1-3-11-25(12-4-1)40-44-41(26-13-5-2-6-14-26)46-42(45-40)31-18-10-20-34-36(31)30-21-22-43-37(39(30)47-34)32-19-9-17-29-33-23-27-15-7-8-16-28(27)24-35(33)48-38(29)32/h1-24,40H,(H,44,45,46). The smallest absolute Gasteiger partial charge is 0.161 e. The van der Waals surface area contributed by atoms with Crippen molar-refractivity contribution in [2.45, 2.75) is 6.17 Å². The van der Waals surface area contributed by atoms with Gasteiger partial charge in [0.25, 0.3) is 0 Å². The van der Waals surface area contributed by atoms with Gasteiger partial charge in [-0.1, -0.05) is 109 Å². The second-order valence-electron chi connectivity index (χ2n) is 12.0. The average molecular weight is 619 g/mol. The van der Waals surface area contributed by atoms with Crippen LogP contribution in [0.3, 0.4) is 0 Å². The Balaban J connectivity index is 1.16. The van der Waals surface area contributed by atoms with Crippen LogP contribution < -0.4 is 5.32 Å². The van der Waals surface area contributed by atoms with Gasteiger partial charge in [-0.15, -0.1) is 0 Å². The normalized spacial score (nSPS) is 14.9. The lowest BCUT2D eigenvalue weighted by molar-refractivity contribution is 0.663. The van der Waals surface area contributed by atoms with Gasteiger partial charge in [-0.25, -0.2) is 9.98 Å². The number of pyridine rings is 1. The Kier molecular flexibility index (Phi) is 5.84. The predicted octanol–water partition coefficient (Wildman–Crippen LogP) is 10.2. The van der Waals surface area contributed by atoms with Crippen LogP contribution in [-0.4, -0.2) is 16.7 Å². The maximum absolute atomic E-state index is 6.66. The summed E-state index contributed by atoms with van der Waals surface area (Å²) in [7, 11) is 0. The van der Waals surface area contributed by atoms with Crippen LogP contribution in [-0.2, 0) is 0 Å². The van der Waals surface area contributed by atoms with Gasteiger partial charge >= 0.3 is 0 Å². The number of rotatable bonds is 4. The van der Waals surface area contributed by atoms with Crippen LogP contribution in [0.2, 0.25) is 0 Å². The summed E-state index contributed by atoms with van der Waals surface area (Å²) in [5.41, 5.74) is 7.65. The van der Waals surface area contributed by atoms with Crippen LogP contribution in [0.5, 0.6) is 0 Å². The maximum atomic E-state index is 6.66. The fourth-order valence-electron chi connectivity index (χ4n) is 6.92. The highest BCUT2D eigenvalue weighted by molar-refractivity contribution is 6.23. The number of para-hydroxylation sites is 1. The highest BCUT2D eigenvalue weighted by Gasteiger charge is 2.25. The minimum absolute atomic E-state index is 0.304. The molecule has 4 heterocycles. The number of hydrogen-bond donors (Lipinski definition) is 1. The molecule has 1 aliphatic heterocycles. The van der Waals surface area contributed by atoms with E-state index in [0.29, 0.717) is 11.4 Å². The second-order valence-corrected chi connectivity index (χ2v) is 12.0. The van der Waals surface area contributed by atoms with Gasteiger partial charge < -0.3 is 14.2 Å². The monoisotopic (exact) mass is 618 g/mol. The first-order valence-corrected chi connectivity index (χ1v) is 16.0. The van der Waals surface area contributed by atoms with Crippen LogP contribution >= 0.6 is 0 Å². The summed E-state index contributed by atoms with van der Waals surface area (Å²) in [4.78, 5) is 15.0. The first kappa shape index (κ1) is 26.7. The Bertz CT molecular complexity index is 2760. The molecule has 0 saturated carbocycles. The third kappa shape index (κ3) is 4.16. The van der Waals surface area contributed by atoms with Crippen molar-refractivity contribution in [3.05, 3.63) is 162 Å². The molecule has 0 radical (unpaired) electrons. The van der Waals surface area contributed by atoms with Crippen LogP contribution in [0.1, 0.15) is 22.9 Å². The predicted molar refractivity (Wildman–Crippen MR) is 194 cm³/mol. The summed E-state index contributed by atoms with van der Waals surface area (Å²) in [6, 6.07) is 47.4. The number of nitrogens with one attached hydrogen (secondary N) is 1. The van der Waals surface area contributed by atoms with Crippen molar-refractivity contribution in [3.63, 3.8) is 0 Å². The SMILES string of the molecule is c1ccc(C2=NC(c3ccccc3)NC(c3cccc4oc5c(-c6cccc7c6oc6cc8ccccc8cc67)nccc5c34)=N2)cc1. The second kappa shape index (κ2) is 10.5. The van der Waals surface area contributed by atoms with Crippen molar-refractivity contribution >= 4 is 66.3 Å². The average Bonchev–Trinajstić information content (AvgIpc) is 3.72. The number of amidine groups is 2. The lowest BCUT2D eigenvalue weighted by atomic mass is 10.0. The molecule has 48 heavy (non-hydrogen) atoms. The molecular formula is C42H26N4O2. The summed E-state index contributed by atoms with van der Waals surface area (Å²) >= 11 is 0. The minimum atomic E-state index is -0.304. The third-order valence-electron chi connectivity index (χ3n) is 9.18. The molecule has 1 atom stereocenters. The Labute approximate surface area is 274 Å². The number of aromatic nitrogens is 1. The van der Waals surface area contributed by atoms with Crippen LogP contribution in [0.4, 0.5) is 0 Å². The zero-order valence-electron chi connectivity index (χ0n) is 25.6. The number of hydrogen-bond acceptors (Lipinski definition) is 6. The van der Waals surface area contributed by atoms with E-state index in [0.717, 1.165) is 77.5 Å². The molecule has 0 spiro atoms.